The van der Waals surface area contributed by atoms with Crippen LogP contribution in [0.15, 0.2) is 30.3 Å². The van der Waals surface area contributed by atoms with E-state index in [9.17, 15) is 0 Å². The summed E-state index contributed by atoms with van der Waals surface area (Å²) in [5, 5.41) is 7.68. The van der Waals surface area contributed by atoms with E-state index in [1.807, 2.05) is 6.07 Å². The van der Waals surface area contributed by atoms with Gasteiger partial charge in [0.1, 0.15) is 0 Å². The van der Waals surface area contributed by atoms with Gasteiger partial charge in [-0.1, -0.05) is 30.3 Å². The van der Waals surface area contributed by atoms with E-state index in [4.69, 9.17) is 12.2 Å². The summed E-state index contributed by atoms with van der Waals surface area (Å²) in [5.41, 5.74) is 1.27. The Morgan fingerprint density at radius 3 is 2.43 bits per heavy atom. The number of hydrogen-bond acceptors (Lipinski definition) is 2. The standard InChI is InChI=1S/C17H25N3S/c1-13(14-5-3-2-4-6-14)18-17(21)19-15-9-11-20(12-10-15)16-7-8-16/h2-6,13,15-16H,7-12H2,1H3,(H2,18,19,21)/t13-/m1/s1. The van der Waals surface area contributed by atoms with Crippen LogP contribution in [0.1, 0.15) is 44.2 Å². The van der Waals surface area contributed by atoms with E-state index in [0.717, 1.165) is 11.2 Å². The maximum Gasteiger partial charge on any atom is 0.166 e. The van der Waals surface area contributed by atoms with E-state index < -0.39 is 0 Å². The summed E-state index contributed by atoms with van der Waals surface area (Å²) in [4.78, 5) is 2.64. The Hall–Kier alpha value is -1.13. The smallest absolute Gasteiger partial charge is 0.166 e. The predicted molar refractivity (Wildman–Crippen MR) is 91.3 cm³/mol. The van der Waals surface area contributed by atoms with Gasteiger partial charge in [0.05, 0.1) is 6.04 Å². The van der Waals surface area contributed by atoms with E-state index >= 15 is 0 Å². The monoisotopic (exact) mass is 303 g/mol. The molecule has 1 saturated carbocycles. The van der Waals surface area contributed by atoms with Crippen LogP contribution in [0.5, 0.6) is 0 Å². The zero-order valence-corrected chi connectivity index (χ0v) is 13.5. The molecule has 2 N–H and O–H groups in total. The van der Waals surface area contributed by atoms with E-state index in [2.05, 4.69) is 46.7 Å². The first-order valence-electron chi connectivity index (χ1n) is 8.08. The second-order valence-electron chi connectivity index (χ2n) is 6.29. The Labute approximate surface area is 133 Å². The lowest BCUT2D eigenvalue weighted by Gasteiger charge is -2.33. The molecule has 1 aliphatic heterocycles. The number of likely N-dealkylation sites (tertiary alicyclic amines) is 1. The summed E-state index contributed by atoms with van der Waals surface area (Å²) in [6, 6.07) is 12.1. The number of nitrogens with one attached hydrogen (secondary N) is 2. The zero-order valence-electron chi connectivity index (χ0n) is 12.7. The van der Waals surface area contributed by atoms with E-state index in [1.165, 1.54) is 44.3 Å². The summed E-state index contributed by atoms with van der Waals surface area (Å²) in [6.45, 7) is 4.59. The zero-order chi connectivity index (χ0) is 14.7. The third-order valence-corrected chi connectivity index (χ3v) is 4.81. The molecular weight excluding hydrogens is 278 g/mol. The van der Waals surface area contributed by atoms with Gasteiger partial charge in [0, 0.05) is 25.2 Å². The van der Waals surface area contributed by atoms with E-state index in [-0.39, 0.29) is 6.04 Å². The van der Waals surface area contributed by atoms with Crippen molar-refractivity contribution in [3.05, 3.63) is 35.9 Å². The molecule has 0 aromatic heterocycles. The molecule has 0 radical (unpaired) electrons. The van der Waals surface area contributed by atoms with Crippen LogP contribution < -0.4 is 10.6 Å². The van der Waals surface area contributed by atoms with Crippen LogP contribution in [0.3, 0.4) is 0 Å². The van der Waals surface area contributed by atoms with E-state index in [1.54, 1.807) is 0 Å². The first-order chi connectivity index (χ1) is 10.2. The van der Waals surface area contributed by atoms with Crippen LogP contribution in [-0.2, 0) is 0 Å². The van der Waals surface area contributed by atoms with Crippen LogP contribution in [-0.4, -0.2) is 35.2 Å². The van der Waals surface area contributed by atoms with Crippen LogP contribution in [0.4, 0.5) is 0 Å². The molecule has 0 amide bonds. The Bertz CT molecular complexity index is 464. The minimum atomic E-state index is 0.248. The summed E-state index contributed by atoms with van der Waals surface area (Å²) < 4.78 is 0. The molecule has 2 fully saturated rings. The van der Waals surface area contributed by atoms with Gasteiger partial charge in [-0.25, -0.2) is 0 Å². The summed E-state index contributed by atoms with van der Waals surface area (Å²) in [5.74, 6) is 0. The number of thiocarbonyl (C=S) groups is 1. The molecule has 1 atom stereocenters. The van der Waals surface area contributed by atoms with Crippen molar-refractivity contribution >= 4 is 17.3 Å². The molecule has 1 heterocycles. The highest BCUT2D eigenvalue weighted by Crippen LogP contribution is 2.29. The molecule has 0 bridgehead atoms. The van der Waals surface area contributed by atoms with Gasteiger partial charge in [-0.2, -0.15) is 0 Å². The molecule has 3 nitrogen and oxygen atoms in total. The van der Waals surface area contributed by atoms with Gasteiger partial charge in [-0.15, -0.1) is 0 Å². The first kappa shape index (κ1) is 14.8. The lowest BCUT2D eigenvalue weighted by Crippen LogP contribution is -2.48. The third-order valence-electron chi connectivity index (χ3n) is 4.58. The molecule has 1 aliphatic carbocycles. The minimum absolute atomic E-state index is 0.248. The molecular formula is C17H25N3S. The van der Waals surface area contributed by atoms with Crippen molar-refractivity contribution in [3.8, 4) is 0 Å². The fourth-order valence-electron chi connectivity index (χ4n) is 3.10. The summed E-state index contributed by atoms with van der Waals surface area (Å²) >= 11 is 5.47. The fourth-order valence-corrected chi connectivity index (χ4v) is 3.44. The molecule has 2 aliphatic rings. The molecule has 0 spiro atoms. The van der Waals surface area contributed by atoms with Crippen molar-refractivity contribution in [2.45, 2.75) is 50.7 Å². The SMILES string of the molecule is C[C@@H](NC(=S)NC1CCN(C2CC2)CC1)c1ccccc1. The van der Waals surface area contributed by atoms with Crippen molar-refractivity contribution in [1.82, 2.24) is 15.5 Å². The Balaban J connectivity index is 1.42. The van der Waals surface area contributed by atoms with Gasteiger partial charge in [-0.05, 0) is 50.4 Å². The van der Waals surface area contributed by atoms with Crippen LogP contribution >= 0.6 is 12.2 Å². The maximum atomic E-state index is 5.47. The number of hydrogen-bond donors (Lipinski definition) is 2. The van der Waals surface area contributed by atoms with Crippen LogP contribution in [0, 0.1) is 0 Å². The maximum absolute atomic E-state index is 5.47. The Morgan fingerprint density at radius 1 is 1.14 bits per heavy atom. The Kier molecular flexibility index (Phi) is 4.76. The lowest BCUT2D eigenvalue weighted by atomic mass is 10.1. The highest BCUT2D eigenvalue weighted by Gasteiger charge is 2.31. The molecule has 1 aromatic carbocycles. The van der Waals surface area contributed by atoms with Gasteiger partial charge >= 0.3 is 0 Å². The number of benzene rings is 1. The molecule has 3 rings (SSSR count). The predicted octanol–water partition coefficient (Wildman–Crippen LogP) is 2.84. The third kappa shape index (κ3) is 4.17. The average molecular weight is 303 g/mol. The van der Waals surface area contributed by atoms with Crippen molar-refractivity contribution in [3.63, 3.8) is 0 Å². The van der Waals surface area contributed by atoms with Gasteiger partial charge < -0.3 is 15.5 Å². The van der Waals surface area contributed by atoms with Crippen molar-refractivity contribution in [1.29, 1.82) is 0 Å². The van der Waals surface area contributed by atoms with Crippen LogP contribution in [0.2, 0.25) is 0 Å². The lowest BCUT2D eigenvalue weighted by molar-refractivity contribution is 0.197. The summed E-state index contributed by atoms with van der Waals surface area (Å²) in [6.07, 6.45) is 5.23. The van der Waals surface area contributed by atoms with Gasteiger partial charge in [0.25, 0.3) is 0 Å². The molecule has 1 saturated heterocycles. The quantitative estimate of drug-likeness (QED) is 0.837. The molecule has 21 heavy (non-hydrogen) atoms. The molecule has 0 unspecified atom stereocenters. The Morgan fingerprint density at radius 2 is 1.81 bits per heavy atom. The normalized spacial score (nSPS) is 21.8. The second kappa shape index (κ2) is 6.75. The number of piperidine rings is 1. The number of rotatable bonds is 4. The molecule has 4 heteroatoms. The van der Waals surface area contributed by atoms with Crippen molar-refractivity contribution < 1.29 is 0 Å². The first-order valence-corrected chi connectivity index (χ1v) is 8.49. The highest BCUT2D eigenvalue weighted by molar-refractivity contribution is 7.80. The van der Waals surface area contributed by atoms with Gasteiger partial charge in [0.2, 0.25) is 0 Å². The highest BCUT2D eigenvalue weighted by atomic mass is 32.1. The molecule has 1 aromatic rings. The van der Waals surface area contributed by atoms with Gasteiger partial charge in [-0.3, -0.25) is 0 Å². The second-order valence-corrected chi connectivity index (χ2v) is 6.70. The largest absolute Gasteiger partial charge is 0.360 e. The fraction of sp³-hybridized carbons (Fsp3) is 0.588. The summed E-state index contributed by atoms with van der Waals surface area (Å²) in [7, 11) is 0. The van der Waals surface area contributed by atoms with Gasteiger partial charge in [0.15, 0.2) is 5.11 Å². The average Bonchev–Trinajstić information content (AvgIpc) is 3.33. The van der Waals surface area contributed by atoms with E-state index in [0.29, 0.717) is 6.04 Å². The molecule has 114 valence electrons. The topological polar surface area (TPSA) is 27.3 Å². The number of nitrogens with zero attached hydrogens (tertiary/aromatic N) is 1. The van der Waals surface area contributed by atoms with Crippen LogP contribution in [0.25, 0.3) is 0 Å². The van der Waals surface area contributed by atoms with Crippen molar-refractivity contribution in [2.75, 3.05) is 13.1 Å². The minimum Gasteiger partial charge on any atom is -0.360 e. The van der Waals surface area contributed by atoms with Crippen molar-refractivity contribution in [2.24, 2.45) is 0 Å².